The number of fused-ring (bicyclic) bond motifs is 5. The minimum atomic E-state index is -0.426. The van der Waals surface area contributed by atoms with Crippen LogP contribution in [0.25, 0.3) is 0 Å². The molecule has 1 aliphatic heterocycles. The molecule has 0 amide bonds. The molecule has 1 saturated heterocycles. The maximum atomic E-state index is 10.4. The van der Waals surface area contributed by atoms with Crippen LogP contribution in [0.2, 0.25) is 0 Å². The molecular weight excluding hydrogens is 288 g/mol. The summed E-state index contributed by atoms with van der Waals surface area (Å²) in [5, 5.41) is 20.6. The maximum absolute atomic E-state index is 10.4. The molecule has 2 N–H and O–H groups in total. The first-order valence-corrected chi connectivity index (χ1v) is 9.84. The minimum Gasteiger partial charge on any atom is -0.391 e. The molecule has 3 nitrogen and oxygen atoms in total. The van der Waals surface area contributed by atoms with Gasteiger partial charge in [-0.05, 0) is 88.4 Å². The molecule has 0 bridgehead atoms. The van der Waals surface area contributed by atoms with Crippen molar-refractivity contribution in [3.63, 3.8) is 0 Å². The average Bonchev–Trinajstić information content (AvgIpc) is 2.83. The summed E-state index contributed by atoms with van der Waals surface area (Å²) in [6.45, 7) is 7.15. The molecule has 4 aliphatic rings. The van der Waals surface area contributed by atoms with Crippen molar-refractivity contribution in [3.05, 3.63) is 0 Å². The normalized spacial score (nSPS) is 57.3. The van der Waals surface area contributed by atoms with Gasteiger partial charge in [-0.2, -0.15) is 0 Å². The van der Waals surface area contributed by atoms with E-state index in [1.807, 2.05) is 13.8 Å². The van der Waals surface area contributed by atoms with Gasteiger partial charge in [-0.15, -0.1) is 0 Å². The van der Waals surface area contributed by atoms with Crippen molar-refractivity contribution in [2.24, 2.45) is 35.0 Å². The van der Waals surface area contributed by atoms with E-state index in [4.69, 9.17) is 4.74 Å². The summed E-state index contributed by atoms with van der Waals surface area (Å²) < 4.78 is 6.09. The van der Waals surface area contributed by atoms with E-state index in [1.165, 1.54) is 32.1 Å². The van der Waals surface area contributed by atoms with Gasteiger partial charge in [0.1, 0.15) is 0 Å². The summed E-state index contributed by atoms with van der Waals surface area (Å²) in [4.78, 5) is 0. The maximum Gasteiger partial charge on any atom is 0.0888 e. The topological polar surface area (TPSA) is 49.7 Å². The number of aliphatic hydroxyl groups excluding tert-OH is 1. The van der Waals surface area contributed by atoms with Gasteiger partial charge in [0, 0.05) is 5.41 Å². The standard InChI is InChI=1S/C20H34O3/c1-12(21)18-20(3)9-7-15-14-6-8-19(2,22)10-13(14)4-5-16(15)17(20)11-23-18/h12-18,21-22H,4-11H2,1-3H3/t12?,13-,14+,15-,16-,17+,18-,19-,20+/m1/s1. The van der Waals surface area contributed by atoms with Crippen LogP contribution in [-0.2, 0) is 4.74 Å². The monoisotopic (exact) mass is 322 g/mol. The first kappa shape index (κ1) is 16.4. The fraction of sp³-hybridized carbons (Fsp3) is 1.00. The minimum absolute atomic E-state index is 0.0262. The van der Waals surface area contributed by atoms with Gasteiger partial charge in [-0.25, -0.2) is 0 Å². The van der Waals surface area contributed by atoms with Crippen LogP contribution in [0.3, 0.4) is 0 Å². The lowest BCUT2D eigenvalue weighted by atomic mass is 9.49. The second-order valence-electron chi connectivity index (χ2n) is 9.71. The van der Waals surface area contributed by atoms with Crippen LogP contribution in [0, 0.1) is 35.0 Å². The van der Waals surface area contributed by atoms with Crippen LogP contribution in [0.1, 0.15) is 65.7 Å². The second kappa shape index (κ2) is 5.44. The van der Waals surface area contributed by atoms with Crippen LogP contribution in [-0.4, -0.2) is 34.6 Å². The number of hydrogen-bond acceptors (Lipinski definition) is 3. The Bertz CT molecular complexity index is 460. The number of hydrogen-bond donors (Lipinski definition) is 2. The highest BCUT2D eigenvalue weighted by molar-refractivity contribution is 5.07. The predicted octanol–water partition coefficient (Wildman–Crippen LogP) is 3.38. The van der Waals surface area contributed by atoms with Crippen LogP contribution in [0.4, 0.5) is 0 Å². The van der Waals surface area contributed by atoms with Gasteiger partial charge in [0.25, 0.3) is 0 Å². The highest BCUT2D eigenvalue weighted by Gasteiger charge is 2.59. The van der Waals surface area contributed by atoms with Gasteiger partial charge in [0.05, 0.1) is 24.4 Å². The SMILES string of the molecule is CC(O)[C@H]1OC[C@H]2[C@@H]3CC[C@@H]4C[C@](C)(O)CC[C@@H]4[C@H]3CC[C@]12C. The molecule has 0 aromatic rings. The van der Waals surface area contributed by atoms with Crippen LogP contribution in [0.15, 0.2) is 0 Å². The second-order valence-corrected chi connectivity index (χ2v) is 9.71. The summed E-state index contributed by atoms with van der Waals surface area (Å²) in [7, 11) is 0. The van der Waals surface area contributed by atoms with E-state index < -0.39 is 5.60 Å². The third-order valence-electron chi connectivity index (χ3n) is 8.22. The zero-order valence-corrected chi connectivity index (χ0v) is 15.0. The molecule has 132 valence electrons. The molecule has 0 aromatic carbocycles. The van der Waals surface area contributed by atoms with Crippen molar-refractivity contribution in [1.82, 2.24) is 0 Å². The van der Waals surface area contributed by atoms with Crippen LogP contribution in [0.5, 0.6) is 0 Å². The molecule has 4 rings (SSSR count). The number of ether oxygens (including phenoxy) is 1. The molecule has 0 spiro atoms. The van der Waals surface area contributed by atoms with Gasteiger partial charge in [-0.1, -0.05) is 6.92 Å². The Morgan fingerprint density at radius 3 is 2.48 bits per heavy atom. The first-order chi connectivity index (χ1) is 10.8. The zero-order chi connectivity index (χ0) is 16.4. The zero-order valence-electron chi connectivity index (χ0n) is 15.0. The third kappa shape index (κ3) is 2.49. The molecule has 3 heteroatoms. The molecule has 23 heavy (non-hydrogen) atoms. The lowest BCUT2D eigenvalue weighted by molar-refractivity contribution is -0.102. The highest BCUT2D eigenvalue weighted by Crippen LogP contribution is 2.61. The molecule has 3 saturated carbocycles. The molecule has 0 aromatic heterocycles. The average molecular weight is 322 g/mol. The predicted molar refractivity (Wildman–Crippen MR) is 89.9 cm³/mol. The van der Waals surface area contributed by atoms with Gasteiger partial charge >= 0.3 is 0 Å². The van der Waals surface area contributed by atoms with Gasteiger partial charge < -0.3 is 14.9 Å². The third-order valence-corrected chi connectivity index (χ3v) is 8.22. The smallest absolute Gasteiger partial charge is 0.0888 e. The van der Waals surface area contributed by atoms with E-state index >= 15 is 0 Å². The Morgan fingerprint density at radius 2 is 1.74 bits per heavy atom. The lowest BCUT2D eigenvalue weighted by Gasteiger charge is -2.56. The summed E-state index contributed by atoms with van der Waals surface area (Å²) in [6, 6.07) is 0. The van der Waals surface area contributed by atoms with Crippen molar-refractivity contribution in [3.8, 4) is 0 Å². The molecule has 4 fully saturated rings. The summed E-state index contributed by atoms with van der Waals surface area (Å²) in [5.74, 6) is 3.80. The van der Waals surface area contributed by atoms with Crippen LogP contribution >= 0.6 is 0 Å². The van der Waals surface area contributed by atoms with Gasteiger partial charge in [-0.3, -0.25) is 0 Å². The molecular formula is C20H34O3. The Labute approximate surface area is 140 Å². The van der Waals surface area contributed by atoms with E-state index in [0.29, 0.717) is 5.92 Å². The largest absolute Gasteiger partial charge is 0.391 e. The van der Waals surface area contributed by atoms with Crippen molar-refractivity contribution in [1.29, 1.82) is 0 Å². The summed E-state index contributed by atoms with van der Waals surface area (Å²) in [6.07, 6.45) is 7.96. The van der Waals surface area contributed by atoms with Crippen LogP contribution < -0.4 is 0 Å². The number of rotatable bonds is 1. The lowest BCUT2D eigenvalue weighted by Crippen LogP contribution is -2.52. The molecule has 1 unspecified atom stereocenters. The van der Waals surface area contributed by atoms with Crippen molar-refractivity contribution < 1.29 is 14.9 Å². The van der Waals surface area contributed by atoms with E-state index in [1.54, 1.807) is 0 Å². The quantitative estimate of drug-likeness (QED) is 0.778. The fourth-order valence-electron chi connectivity index (χ4n) is 7.18. The van der Waals surface area contributed by atoms with E-state index in [9.17, 15) is 10.2 Å². The van der Waals surface area contributed by atoms with Crippen molar-refractivity contribution >= 4 is 0 Å². The Balaban J connectivity index is 1.54. The van der Waals surface area contributed by atoms with Crippen molar-refractivity contribution in [2.45, 2.75) is 83.5 Å². The van der Waals surface area contributed by atoms with Gasteiger partial charge in [0.15, 0.2) is 0 Å². The molecule has 1 heterocycles. The summed E-state index contributed by atoms with van der Waals surface area (Å²) >= 11 is 0. The Hall–Kier alpha value is -0.120. The fourth-order valence-corrected chi connectivity index (χ4v) is 7.18. The number of aliphatic hydroxyl groups is 2. The Morgan fingerprint density at radius 1 is 1.00 bits per heavy atom. The molecule has 3 aliphatic carbocycles. The first-order valence-electron chi connectivity index (χ1n) is 9.84. The van der Waals surface area contributed by atoms with Crippen molar-refractivity contribution in [2.75, 3.05) is 6.61 Å². The molecule has 0 radical (unpaired) electrons. The highest BCUT2D eigenvalue weighted by atomic mass is 16.5. The van der Waals surface area contributed by atoms with E-state index in [-0.39, 0.29) is 17.6 Å². The van der Waals surface area contributed by atoms with E-state index in [2.05, 4.69) is 6.92 Å². The Kier molecular flexibility index (Phi) is 3.87. The van der Waals surface area contributed by atoms with Gasteiger partial charge in [0.2, 0.25) is 0 Å². The van der Waals surface area contributed by atoms with E-state index in [0.717, 1.165) is 43.1 Å². The summed E-state index contributed by atoms with van der Waals surface area (Å²) in [5.41, 5.74) is -0.257. The molecule has 9 atom stereocenters.